The fraction of sp³-hybridized carbons (Fsp3) is 0.500. The molecule has 0 saturated heterocycles. The minimum atomic E-state index is -0.255. The van der Waals surface area contributed by atoms with Crippen molar-refractivity contribution in [2.24, 2.45) is 7.05 Å². The van der Waals surface area contributed by atoms with E-state index in [1.807, 2.05) is 20.9 Å². The molecule has 0 aromatic carbocycles. The van der Waals surface area contributed by atoms with Gasteiger partial charge in [-0.05, 0) is 20.8 Å². The molecule has 6 heteroatoms. The summed E-state index contributed by atoms with van der Waals surface area (Å²) in [4.78, 5) is 4.25. The van der Waals surface area contributed by atoms with Crippen molar-refractivity contribution in [2.75, 3.05) is 0 Å². The van der Waals surface area contributed by atoms with Crippen LogP contribution in [0.1, 0.15) is 29.5 Å². The molecular weight excluding hydrogens is 228 g/mol. The Morgan fingerprint density at radius 1 is 1.38 bits per heavy atom. The van der Waals surface area contributed by atoms with Gasteiger partial charge in [0.15, 0.2) is 5.82 Å². The van der Waals surface area contributed by atoms with Gasteiger partial charge in [0.05, 0.1) is 16.6 Å². The summed E-state index contributed by atoms with van der Waals surface area (Å²) in [5.74, 6) is 0.977. The molecule has 0 aliphatic rings. The molecule has 0 aliphatic carbocycles. The fourth-order valence-corrected chi connectivity index (χ4v) is 1.67. The molecule has 86 valence electrons. The molecule has 1 atom stereocenters. The van der Waals surface area contributed by atoms with Gasteiger partial charge in [-0.2, -0.15) is 10.1 Å². The average Bonchev–Trinajstić information content (AvgIpc) is 2.74. The van der Waals surface area contributed by atoms with E-state index in [1.165, 1.54) is 0 Å². The van der Waals surface area contributed by atoms with E-state index >= 15 is 0 Å². The van der Waals surface area contributed by atoms with Crippen LogP contribution in [0.5, 0.6) is 0 Å². The maximum Gasteiger partial charge on any atom is 0.261 e. The van der Waals surface area contributed by atoms with Crippen molar-refractivity contribution in [3.63, 3.8) is 0 Å². The predicted molar refractivity (Wildman–Crippen MR) is 60.2 cm³/mol. The second kappa shape index (κ2) is 3.90. The van der Waals surface area contributed by atoms with Crippen LogP contribution in [0.3, 0.4) is 0 Å². The monoisotopic (exact) mass is 240 g/mol. The first-order valence-corrected chi connectivity index (χ1v) is 5.42. The number of alkyl halides is 1. The van der Waals surface area contributed by atoms with Crippen LogP contribution in [-0.2, 0) is 7.05 Å². The van der Waals surface area contributed by atoms with Crippen molar-refractivity contribution in [1.82, 2.24) is 19.9 Å². The number of rotatable bonds is 2. The third kappa shape index (κ3) is 1.71. The Labute approximate surface area is 98.4 Å². The first-order valence-electron chi connectivity index (χ1n) is 4.99. The summed E-state index contributed by atoms with van der Waals surface area (Å²) in [7, 11) is 1.88. The van der Waals surface area contributed by atoms with Gasteiger partial charge >= 0.3 is 0 Å². The van der Waals surface area contributed by atoms with E-state index in [0.717, 1.165) is 17.0 Å². The maximum atomic E-state index is 5.88. The Bertz CT molecular complexity index is 515. The third-order valence-corrected chi connectivity index (χ3v) is 2.72. The Morgan fingerprint density at radius 2 is 2.06 bits per heavy atom. The molecule has 16 heavy (non-hydrogen) atoms. The lowest BCUT2D eigenvalue weighted by Crippen LogP contribution is -1.92. The summed E-state index contributed by atoms with van der Waals surface area (Å²) in [5.41, 5.74) is 2.76. The quantitative estimate of drug-likeness (QED) is 0.757. The van der Waals surface area contributed by atoms with E-state index in [1.54, 1.807) is 11.6 Å². The molecule has 0 amide bonds. The van der Waals surface area contributed by atoms with E-state index in [-0.39, 0.29) is 5.38 Å². The van der Waals surface area contributed by atoms with Crippen molar-refractivity contribution in [2.45, 2.75) is 26.1 Å². The van der Waals surface area contributed by atoms with Crippen molar-refractivity contribution >= 4 is 11.6 Å². The molecule has 0 bridgehead atoms. The summed E-state index contributed by atoms with van der Waals surface area (Å²) < 4.78 is 6.98. The van der Waals surface area contributed by atoms with Crippen molar-refractivity contribution in [1.29, 1.82) is 0 Å². The SMILES string of the molecule is Cc1nn(C)c(C)c1-c1nc(C(C)Cl)no1. The van der Waals surface area contributed by atoms with Gasteiger partial charge < -0.3 is 4.52 Å². The molecule has 0 radical (unpaired) electrons. The van der Waals surface area contributed by atoms with Gasteiger partial charge in [-0.25, -0.2) is 0 Å². The Balaban J connectivity index is 2.50. The van der Waals surface area contributed by atoms with Crippen LogP contribution in [-0.4, -0.2) is 19.9 Å². The topological polar surface area (TPSA) is 56.7 Å². The molecule has 2 aromatic rings. The summed E-state index contributed by atoms with van der Waals surface area (Å²) in [6, 6.07) is 0. The summed E-state index contributed by atoms with van der Waals surface area (Å²) in [6.07, 6.45) is 0. The van der Waals surface area contributed by atoms with E-state index in [9.17, 15) is 0 Å². The summed E-state index contributed by atoms with van der Waals surface area (Å²) >= 11 is 5.88. The lowest BCUT2D eigenvalue weighted by Gasteiger charge is -1.94. The van der Waals surface area contributed by atoms with Gasteiger partial charge in [-0.15, -0.1) is 11.6 Å². The molecule has 5 nitrogen and oxygen atoms in total. The third-order valence-electron chi connectivity index (χ3n) is 2.52. The largest absolute Gasteiger partial charge is 0.334 e. The second-order valence-electron chi connectivity index (χ2n) is 3.74. The van der Waals surface area contributed by atoms with Crippen LogP contribution in [0, 0.1) is 13.8 Å². The molecule has 2 heterocycles. The summed E-state index contributed by atoms with van der Waals surface area (Å²) in [5, 5.41) is 7.87. The molecular formula is C10H13ClN4O. The average molecular weight is 241 g/mol. The van der Waals surface area contributed by atoms with Gasteiger partial charge in [-0.3, -0.25) is 4.68 Å². The highest BCUT2D eigenvalue weighted by Gasteiger charge is 2.19. The number of hydrogen-bond acceptors (Lipinski definition) is 4. The number of aromatic nitrogens is 4. The van der Waals surface area contributed by atoms with Crippen LogP contribution < -0.4 is 0 Å². The molecule has 1 unspecified atom stereocenters. The van der Waals surface area contributed by atoms with Crippen molar-refractivity contribution in [3.8, 4) is 11.5 Å². The highest BCUT2D eigenvalue weighted by molar-refractivity contribution is 6.20. The molecule has 2 rings (SSSR count). The molecule has 0 spiro atoms. The molecule has 0 saturated carbocycles. The second-order valence-corrected chi connectivity index (χ2v) is 4.40. The fourth-order valence-electron chi connectivity index (χ4n) is 1.58. The summed E-state index contributed by atoms with van der Waals surface area (Å²) in [6.45, 7) is 5.68. The predicted octanol–water partition coefficient (Wildman–Crippen LogP) is 2.39. The zero-order valence-electron chi connectivity index (χ0n) is 9.65. The number of nitrogens with zero attached hydrogens (tertiary/aromatic N) is 4. The van der Waals surface area contributed by atoms with E-state index in [2.05, 4.69) is 15.2 Å². The zero-order valence-corrected chi connectivity index (χ0v) is 10.4. The zero-order chi connectivity index (χ0) is 11.9. The highest BCUT2D eigenvalue weighted by atomic mass is 35.5. The number of hydrogen-bond donors (Lipinski definition) is 0. The van der Waals surface area contributed by atoms with Crippen LogP contribution in [0.15, 0.2) is 4.52 Å². The Kier molecular flexibility index (Phi) is 2.71. The van der Waals surface area contributed by atoms with Crippen molar-refractivity contribution in [3.05, 3.63) is 17.2 Å². The van der Waals surface area contributed by atoms with Crippen LogP contribution in [0.25, 0.3) is 11.5 Å². The van der Waals surface area contributed by atoms with Crippen molar-refractivity contribution < 1.29 is 4.52 Å². The van der Waals surface area contributed by atoms with Gasteiger partial charge in [0.1, 0.15) is 0 Å². The standard InChI is InChI=1S/C10H13ClN4O/c1-5(11)9-12-10(16-14-9)8-6(2)13-15(4)7(8)3/h5H,1-4H3. The lowest BCUT2D eigenvalue weighted by molar-refractivity contribution is 0.422. The van der Waals surface area contributed by atoms with Gasteiger partial charge in [-0.1, -0.05) is 5.16 Å². The van der Waals surface area contributed by atoms with E-state index < -0.39 is 0 Å². The van der Waals surface area contributed by atoms with Crippen LogP contribution >= 0.6 is 11.6 Å². The van der Waals surface area contributed by atoms with Crippen LogP contribution in [0.4, 0.5) is 0 Å². The lowest BCUT2D eigenvalue weighted by atomic mass is 10.2. The minimum Gasteiger partial charge on any atom is -0.334 e. The van der Waals surface area contributed by atoms with Gasteiger partial charge in [0, 0.05) is 12.7 Å². The van der Waals surface area contributed by atoms with E-state index in [0.29, 0.717) is 11.7 Å². The first-order chi connectivity index (χ1) is 7.50. The van der Waals surface area contributed by atoms with E-state index in [4.69, 9.17) is 16.1 Å². The first kappa shape index (κ1) is 11.1. The van der Waals surface area contributed by atoms with Crippen LogP contribution in [0.2, 0.25) is 0 Å². The highest BCUT2D eigenvalue weighted by Crippen LogP contribution is 2.26. The maximum absolute atomic E-state index is 5.88. The normalized spacial score (nSPS) is 13.1. The molecule has 0 aliphatic heterocycles. The molecule has 2 aromatic heterocycles. The van der Waals surface area contributed by atoms with Gasteiger partial charge in [0.25, 0.3) is 5.89 Å². The molecule has 0 fully saturated rings. The number of aryl methyl sites for hydroxylation is 2. The number of halogens is 1. The Morgan fingerprint density at radius 3 is 2.50 bits per heavy atom. The smallest absolute Gasteiger partial charge is 0.261 e. The minimum absolute atomic E-state index is 0.255. The molecule has 0 N–H and O–H groups in total. The Hall–Kier alpha value is -1.36. The van der Waals surface area contributed by atoms with Gasteiger partial charge in [0.2, 0.25) is 0 Å².